The summed E-state index contributed by atoms with van der Waals surface area (Å²) in [5.74, 6) is 0.459. The fraction of sp³-hybridized carbons (Fsp3) is 0.562. The lowest BCUT2D eigenvalue weighted by atomic mass is 9.87. The molecule has 1 aromatic carbocycles. The molecule has 1 saturated heterocycles. The van der Waals surface area contributed by atoms with E-state index in [1.807, 2.05) is 12.1 Å². The molecule has 0 radical (unpaired) electrons. The van der Waals surface area contributed by atoms with Crippen molar-refractivity contribution >= 4 is 27.5 Å². The molecule has 1 aromatic rings. The van der Waals surface area contributed by atoms with Crippen LogP contribution in [0.25, 0.3) is 0 Å². The molecular weight excluding hydrogens is 318 g/mol. The standard InChI is InChI=1S/C16H23NO3S2/c1-16(2,3)12-4-6-14(7-5-12)21-10-15(18)17-13-8-9-22(19,20)11-13/h4-7,13H,8-11H2,1-3H3,(H,17,18)/t13-/m0/s1. The van der Waals surface area contributed by atoms with Crippen LogP contribution in [0.1, 0.15) is 32.8 Å². The van der Waals surface area contributed by atoms with Gasteiger partial charge in [-0.05, 0) is 29.5 Å². The Bertz CT molecular complexity index is 630. The first-order valence-electron chi connectivity index (χ1n) is 7.39. The van der Waals surface area contributed by atoms with Gasteiger partial charge in [0.25, 0.3) is 0 Å². The lowest BCUT2D eigenvalue weighted by molar-refractivity contribution is -0.119. The fourth-order valence-electron chi connectivity index (χ4n) is 2.38. The second-order valence-corrected chi connectivity index (χ2v) is 10.0. The number of rotatable bonds is 4. The third kappa shape index (κ3) is 5.02. The molecule has 0 bridgehead atoms. The quantitative estimate of drug-likeness (QED) is 0.854. The normalized spacial score (nSPS) is 20.8. The van der Waals surface area contributed by atoms with Crippen LogP contribution in [-0.4, -0.2) is 37.6 Å². The Morgan fingerprint density at radius 2 is 1.91 bits per heavy atom. The summed E-state index contributed by atoms with van der Waals surface area (Å²) >= 11 is 1.47. The van der Waals surface area contributed by atoms with Gasteiger partial charge >= 0.3 is 0 Å². The van der Waals surface area contributed by atoms with E-state index in [0.717, 1.165) is 4.90 Å². The van der Waals surface area contributed by atoms with E-state index in [1.165, 1.54) is 17.3 Å². The van der Waals surface area contributed by atoms with Gasteiger partial charge in [-0.25, -0.2) is 8.42 Å². The summed E-state index contributed by atoms with van der Waals surface area (Å²) in [7, 11) is -2.95. The monoisotopic (exact) mass is 341 g/mol. The van der Waals surface area contributed by atoms with Crippen molar-refractivity contribution < 1.29 is 13.2 Å². The highest BCUT2D eigenvalue weighted by Gasteiger charge is 2.28. The van der Waals surface area contributed by atoms with Crippen LogP contribution in [0.3, 0.4) is 0 Å². The van der Waals surface area contributed by atoms with Crippen molar-refractivity contribution in [2.45, 2.75) is 43.5 Å². The third-order valence-corrected chi connectivity index (χ3v) is 6.47. The highest BCUT2D eigenvalue weighted by molar-refractivity contribution is 8.00. The van der Waals surface area contributed by atoms with Crippen molar-refractivity contribution in [2.75, 3.05) is 17.3 Å². The number of thioether (sulfide) groups is 1. The Hall–Kier alpha value is -1.01. The summed E-state index contributed by atoms with van der Waals surface area (Å²) < 4.78 is 22.7. The van der Waals surface area contributed by atoms with Gasteiger partial charge in [0.1, 0.15) is 0 Å². The highest BCUT2D eigenvalue weighted by Crippen LogP contribution is 2.25. The zero-order chi connectivity index (χ0) is 16.4. The molecule has 1 heterocycles. The molecule has 4 nitrogen and oxygen atoms in total. The molecular formula is C16H23NO3S2. The van der Waals surface area contributed by atoms with Gasteiger partial charge < -0.3 is 5.32 Å². The summed E-state index contributed by atoms with van der Waals surface area (Å²) in [5.41, 5.74) is 1.38. The van der Waals surface area contributed by atoms with E-state index in [0.29, 0.717) is 12.2 Å². The van der Waals surface area contributed by atoms with E-state index in [1.54, 1.807) is 0 Å². The largest absolute Gasteiger partial charge is 0.352 e. The Kier molecular flexibility index (Phi) is 5.22. The molecule has 0 saturated carbocycles. The SMILES string of the molecule is CC(C)(C)c1ccc(SCC(=O)N[C@H]2CCS(=O)(=O)C2)cc1. The molecule has 1 fully saturated rings. The van der Waals surface area contributed by atoms with Crippen molar-refractivity contribution in [3.05, 3.63) is 29.8 Å². The van der Waals surface area contributed by atoms with Crippen LogP contribution in [-0.2, 0) is 20.0 Å². The van der Waals surface area contributed by atoms with Crippen molar-refractivity contribution in [2.24, 2.45) is 0 Å². The summed E-state index contributed by atoms with van der Waals surface area (Å²) in [6, 6.07) is 8.01. The summed E-state index contributed by atoms with van der Waals surface area (Å²) in [6.45, 7) is 6.49. The molecule has 122 valence electrons. The number of hydrogen-bond acceptors (Lipinski definition) is 4. The number of nitrogens with one attached hydrogen (secondary N) is 1. The lowest BCUT2D eigenvalue weighted by Gasteiger charge is -2.19. The average Bonchev–Trinajstić information content (AvgIpc) is 2.75. The highest BCUT2D eigenvalue weighted by atomic mass is 32.2. The molecule has 1 amide bonds. The van der Waals surface area contributed by atoms with Gasteiger partial charge in [-0.3, -0.25) is 4.79 Å². The predicted molar refractivity (Wildman–Crippen MR) is 91.1 cm³/mol. The van der Waals surface area contributed by atoms with Crippen LogP contribution in [0.15, 0.2) is 29.2 Å². The number of carbonyl (C=O) groups excluding carboxylic acids is 1. The molecule has 0 aliphatic carbocycles. The molecule has 6 heteroatoms. The molecule has 0 spiro atoms. The minimum absolute atomic E-state index is 0.0731. The zero-order valence-electron chi connectivity index (χ0n) is 13.3. The lowest BCUT2D eigenvalue weighted by Crippen LogP contribution is -2.36. The van der Waals surface area contributed by atoms with Crippen molar-refractivity contribution in [3.63, 3.8) is 0 Å². The van der Waals surface area contributed by atoms with Crippen molar-refractivity contribution in [1.82, 2.24) is 5.32 Å². The van der Waals surface area contributed by atoms with E-state index in [9.17, 15) is 13.2 Å². The van der Waals surface area contributed by atoms with Crippen molar-refractivity contribution in [1.29, 1.82) is 0 Å². The third-order valence-electron chi connectivity index (χ3n) is 3.69. The van der Waals surface area contributed by atoms with Gasteiger partial charge in [0, 0.05) is 10.9 Å². The number of amides is 1. The maximum atomic E-state index is 11.9. The molecule has 1 atom stereocenters. The van der Waals surface area contributed by atoms with E-state index < -0.39 is 9.84 Å². The van der Waals surface area contributed by atoms with Gasteiger partial charge in [0.2, 0.25) is 5.91 Å². The molecule has 1 aliphatic heterocycles. The topological polar surface area (TPSA) is 63.2 Å². The number of hydrogen-bond donors (Lipinski definition) is 1. The van der Waals surface area contributed by atoms with Crippen LogP contribution in [0.2, 0.25) is 0 Å². The van der Waals surface area contributed by atoms with Gasteiger partial charge in [-0.1, -0.05) is 32.9 Å². The summed E-state index contributed by atoms with van der Waals surface area (Å²) in [6.07, 6.45) is 0.527. The maximum Gasteiger partial charge on any atom is 0.230 e. The Morgan fingerprint density at radius 1 is 1.27 bits per heavy atom. The average molecular weight is 341 g/mol. The molecule has 22 heavy (non-hydrogen) atoms. The Balaban J connectivity index is 1.81. The van der Waals surface area contributed by atoms with Crippen LogP contribution < -0.4 is 5.32 Å². The Labute approximate surface area is 137 Å². The van der Waals surface area contributed by atoms with Crippen molar-refractivity contribution in [3.8, 4) is 0 Å². The van der Waals surface area contributed by atoms with Gasteiger partial charge in [0.15, 0.2) is 9.84 Å². The first-order valence-corrected chi connectivity index (χ1v) is 10.2. The first-order chi connectivity index (χ1) is 10.2. The van der Waals surface area contributed by atoms with E-state index >= 15 is 0 Å². The van der Waals surface area contributed by atoms with Crippen LogP contribution in [0.5, 0.6) is 0 Å². The van der Waals surface area contributed by atoms with Crippen LogP contribution >= 0.6 is 11.8 Å². The van der Waals surface area contributed by atoms with E-state index in [4.69, 9.17) is 0 Å². The minimum atomic E-state index is -2.95. The second kappa shape index (κ2) is 6.62. The molecule has 0 aromatic heterocycles. The zero-order valence-corrected chi connectivity index (χ0v) is 14.9. The molecule has 0 unspecified atom stereocenters. The number of carbonyl (C=O) groups is 1. The minimum Gasteiger partial charge on any atom is -0.352 e. The summed E-state index contributed by atoms with van der Waals surface area (Å²) in [4.78, 5) is 12.9. The second-order valence-electron chi connectivity index (χ2n) is 6.73. The van der Waals surface area contributed by atoms with Gasteiger partial charge in [0.05, 0.1) is 17.3 Å². The fourth-order valence-corrected chi connectivity index (χ4v) is 4.76. The van der Waals surface area contributed by atoms with Gasteiger partial charge in [-0.15, -0.1) is 11.8 Å². The first kappa shape index (κ1) is 17.3. The maximum absolute atomic E-state index is 11.9. The molecule has 2 rings (SSSR count). The van der Waals surface area contributed by atoms with Crippen LogP contribution in [0, 0.1) is 0 Å². The number of benzene rings is 1. The van der Waals surface area contributed by atoms with Crippen LogP contribution in [0.4, 0.5) is 0 Å². The molecule has 1 N–H and O–H groups in total. The number of sulfone groups is 1. The van der Waals surface area contributed by atoms with Gasteiger partial charge in [-0.2, -0.15) is 0 Å². The summed E-state index contributed by atoms with van der Waals surface area (Å²) in [5, 5.41) is 2.80. The van der Waals surface area contributed by atoms with E-state index in [2.05, 4.69) is 38.2 Å². The predicted octanol–water partition coefficient (Wildman–Crippen LogP) is 2.38. The van der Waals surface area contributed by atoms with E-state index in [-0.39, 0.29) is 28.9 Å². The smallest absolute Gasteiger partial charge is 0.230 e. The molecule has 1 aliphatic rings. The Morgan fingerprint density at radius 3 is 2.41 bits per heavy atom.